The Bertz CT molecular complexity index is 709. The molecule has 2 unspecified atom stereocenters. The van der Waals surface area contributed by atoms with Gasteiger partial charge in [0.25, 0.3) is 5.69 Å². The zero-order valence-corrected chi connectivity index (χ0v) is 15.6. The molecule has 2 atom stereocenters. The van der Waals surface area contributed by atoms with E-state index in [1.54, 1.807) is 4.90 Å². The number of nitrogens with zero attached hydrogens (tertiary/aromatic N) is 3. The van der Waals surface area contributed by atoms with Crippen molar-refractivity contribution in [2.24, 2.45) is 0 Å². The van der Waals surface area contributed by atoms with Crippen LogP contribution in [-0.2, 0) is 9.47 Å². The number of aliphatic hydroxyl groups is 2. The van der Waals surface area contributed by atoms with E-state index < -0.39 is 17.1 Å². The first-order valence-electron chi connectivity index (χ1n) is 8.68. The molecule has 28 heavy (non-hydrogen) atoms. The first kappa shape index (κ1) is 21.4. The molecule has 2 aliphatic heterocycles. The van der Waals surface area contributed by atoms with Crippen molar-refractivity contribution < 1.29 is 34.2 Å². The van der Waals surface area contributed by atoms with Gasteiger partial charge in [0.1, 0.15) is 12.2 Å². The standard InChI is InChI=1S/C10H10N2O5.C7H13NO3/c13-6-9-5-11(10(14)17-9)7-1-3-8(4-2-7)12(15)16;1-5(2)8-3-6(4-9)11-7(8)10/h1-4,9,13H,5-6H2;5-6,9H,3-4H2,1-2H3. The molecule has 0 saturated carbocycles. The first-order valence-corrected chi connectivity index (χ1v) is 8.68. The normalized spacial score (nSPS) is 21.3. The number of hydrogen-bond donors (Lipinski definition) is 2. The van der Waals surface area contributed by atoms with Crippen LogP contribution in [-0.4, -0.2) is 76.8 Å². The highest BCUT2D eigenvalue weighted by molar-refractivity contribution is 5.89. The monoisotopic (exact) mass is 397 g/mol. The number of anilines is 1. The largest absolute Gasteiger partial charge is 0.442 e. The quantitative estimate of drug-likeness (QED) is 0.556. The third-order valence-corrected chi connectivity index (χ3v) is 4.18. The van der Waals surface area contributed by atoms with Crippen LogP contribution < -0.4 is 4.90 Å². The van der Waals surface area contributed by atoms with Gasteiger partial charge in [-0.25, -0.2) is 9.59 Å². The number of aliphatic hydroxyl groups excluding tert-OH is 2. The minimum Gasteiger partial charge on any atom is -0.442 e. The molecule has 11 nitrogen and oxygen atoms in total. The molecular weight excluding hydrogens is 374 g/mol. The van der Waals surface area contributed by atoms with Crippen molar-refractivity contribution in [2.75, 3.05) is 31.2 Å². The van der Waals surface area contributed by atoms with Crippen LogP contribution in [0.4, 0.5) is 21.0 Å². The minimum atomic E-state index is -0.557. The number of nitro benzene ring substituents is 1. The second-order valence-corrected chi connectivity index (χ2v) is 6.51. The zero-order valence-electron chi connectivity index (χ0n) is 15.6. The summed E-state index contributed by atoms with van der Waals surface area (Å²) in [5.41, 5.74) is 0.469. The average molecular weight is 397 g/mol. The van der Waals surface area contributed by atoms with Crippen LogP contribution in [0.5, 0.6) is 0 Å². The maximum atomic E-state index is 11.4. The topological polar surface area (TPSA) is 143 Å². The van der Waals surface area contributed by atoms with Crippen LogP contribution >= 0.6 is 0 Å². The molecule has 0 aliphatic carbocycles. The molecule has 0 spiro atoms. The van der Waals surface area contributed by atoms with E-state index >= 15 is 0 Å². The van der Waals surface area contributed by atoms with E-state index in [1.165, 1.54) is 29.2 Å². The van der Waals surface area contributed by atoms with Gasteiger partial charge < -0.3 is 24.6 Å². The maximum absolute atomic E-state index is 11.4. The van der Waals surface area contributed by atoms with E-state index in [-0.39, 0.29) is 43.7 Å². The van der Waals surface area contributed by atoms with Gasteiger partial charge in [-0.3, -0.25) is 15.0 Å². The number of non-ortho nitro benzene ring substituents is 1. The highest BCUT2D eigenvalue weighted by atomic mass is 16.6. The van der Waals surface area contributed by atoms with Crippen molar-refractivity contribution in [2.45, 2.75) is 32.1 Å². The van der Waals surface area contributed by atoms with Gasteiger partial charge in [-0.1, -0.05) is 0 Å². The lowest BCUT2D eigenvalue weighted by Crippen LogP contribution is -2.32. The van der Waals surface area contributed by atoms with Crippen molar-refractivity contribution in [3.05, 3.63) is 34.4 Å². The fourth-order valence-corrected chi connectivity index (χ4v) is 2.64. The van der Waals surface area contributed by atoms with E-state index in [0.29, 0.717) is 12.2 Å². The summed E-state index contributed by atoms with van der Waals surface area (Å²) in [6.07, 6.45) is -1.75. The van der Waals surface area contributed by atoms with Gasteiger partial charge in [0, 0.05) is 23.9 Å². The van der Waals surface area contributed by atoms with E-state index in [0.717, 1.165) is 0 Å². The number of cyclic esters (lactones) is 2. The summed E-state index contributed by atoms with van der Waals surface area (Å²) in [6.45, 7) is 4.26. The summed E-state index contributed by atoms with van der Waals surface area (Å²) in [7, 11) is 0. The lowest BCUT2D eigenvalue weighted by atomic mass is 10.2. The molecule has 2 aliphatic rings. The molecular formula is C17H23N3O8. The molecule has 1 aromatic rings. The van der Waals surface area contributed by atoms with Crippen LogP contribution in [0, 0.1) is 10.1 Å². The van der Waals surface area contributed by atoms with E-state index in [2.05, 4.69) is 0 Å². The number of carbonyl (C=O) groups is 2. The van der Waals surface area contributed by atoms with Gasteiger partial charge in [0.05, 0.1) is 31.2 Å². The fraction of sp³-hybridized carbons (Fsp3) is 0.529. The summed E-state index contributed by atoms with van der Waals surface area (Å²) < 4.78 is 9.68. The highest BCUT2D eigenvalue weighted by Gasteiger charge is 2.32. The highest BCUT2D eigenvalue weighted by Crippen LogP contribution is 2.23. The van der Waals surface area contributed by atoms with Crippen LogP contribution in [0.3, 0.4) is 0 Å². The number of rotatable bonds is 5. The molecule has 1 aromatic carbocycles. The smallest absolute Gasteiger partial charge is 0.414 e. The molecule has 2 N–H and O–H groups in total. The van der Waals surface area contributed by atoms with Crippen molar-refractivity contribution in [3.8, 4) is 0 Å². The van der Waals surface area contributed by atoms with E-state index in [9.17, 15) is 19.7 Å². The second kappa shape index (κ2) is 9.33. The Hall–Kier alpha value is -2.92. The Morgan fingerprint density at radius 2 is 1.61 bits per heavy atom. The van der Waals surface area contributed by atoms with Crippen molar-refractivity contribution >= 4 is 23.6 Å². The summed E-state index contributed by atoms with van der Waals surface area (Å²) in [6, 6.07) is 5.72. The first-order chi connectivity index (χ1) is 13.3. The Kier molecular flexibility index (Phi) is 7.12. The number of amides is 2. The van der Waals surface area contributed by atoms with E-state index in [1.807, 2.05) is 13.8 Å². The maximum Gasteiger partial charge on any atom is 0.414 e. The minimum absolute atomic E-state index is 0.0416. The number of nitro groups is 1. The predicted molar refractivity (Wildman–Crippen MR) is 97.0 cm³/mol. The molecule has 11 heteroatoms. The van der Waals surface area contributed by atoms with Crippen molar-refractivity contribution in [3.63, 3.8) is 0 Å². The molecule has 2 saturated heterocycles. The van der Waals surface area contributed by atoms with Gasteiger partial charge in [-0.15, -0.1) is 0 Å². The Morgan fingerprint density at radius 1 is 1.07 bits per heavy atom. The number of carbonyl (C=O) groups excluding carboxylic acids is 2. The Labute approximate surface area is 161 Å². The summed E-state index contributed by atoms with van der Waals surface area (Å²) in [5.74, 6) is 0. The van der Waals surface area contributed by atoms with Gasteiger partial charge in [-0.2, -0.15) is 0 Å². The summed E-state index contributed by atoms with van der Waals surface area (Å²) >= 11 is 0. The lowest BCUT2D eigenvalue weighted by Gasteiger charge is -2.16. The Balaban J connectivity index is 0.000000221. The van der Waals surface area contributed by atoms with E-state index in [4.69, 9.17) is 19.7 Å². The van der Waals surface area contributed by atoms with Crippen LogP contribution in [0.25, 0.3) is 0 Å². The molecule has 154 valence electrons. The van der Waals surface area contributed by atoms with Gasteiger partial charge in [0.2, 0.25) is 0 Å². The Morgan fingerprint density at radius 3 is 2.00 bits per heavy atom. The number of benzene rings is 1. The number of hydrogen-bond acceptors (Lipinski definition) is 8. The van der Waals surface area contributed by atoms with Gasteiger partial charge in [0.15, 0.2) is 0 Å². The molecule has 0 aromatic heterocycles. The van der Waals surface area contributed by atoms with Crippen molar-refractivity contribution in [1.82, 2.24) is 4.90 Å². The molecule has 0 radical (unpaired) electrons. The number of ether oxygens (including phenoxy) is 2. The van der Waals surface area contributed by atoms with Crippen molar-refractivity contribution in [1.29, 1.82) is 0 Å². The van der Waals surface area contributed by atoms with Gasteiger partial charge in [-0.05, 0) is 26.0 Å². The second-order valence-electron chi connectivity index (χ2n) is 6.51. The van der Waals surface area contributed by atoms with Crippen LogP contribution in [0.15, 0.2) is 24.3 Å². The SMILES string of the molecule is CC(C)N1CC(CO)OC1=O.O=C1OC(CO)CN1c1ccc([N+](=O)[O-])cc1. The lowest BCUT2D eigenvalue weighted by molar-refractivity contribution is -0.384. The van der Waals surface area contributed by atoms with Crippen LogP contribution in [0.2, 0.25) is 0 Å². The molecule has 2 fully saturated rings. The molecule has 3 rings (SSSR count). The molecule has 2 amide bonds. The van der Waals surface area contributed by atoms with Crippen LogP contribution in [0.1, 0.15) is 13.8 Å². The summed E-state index contributed by atoms with van der Waals surface area (Å²) in [4.78, 5) is 35.3. The predicted octanol–water partition coefficient (Wildman–Crippen LogP) is 1.12. The third-order valence-electron chi connectivity index (χ3n) is 4.18. The molecule has 2 heterocycles. The zero-order chi connectivity index (χ0) is 20.8. The van der Waals surface area contributed by atoms with Gasteiger partial charge >= 0.3 is 12.2 Å². The third kappa shape index (κ3) is 5.08. The average Bonchev–Trinajstić information content (AvgIpc) is 3.24. The molecule has 0 bridgehead atoms. The summed E-state index contributed by atoms with van der Waals surface area (Å²) in [5, 5.41) is 28.0. The fourth-order valence-electron chi connectivity index (χ4n) is 2.64.